The number of carbonyl (C=O) groups is 1. The van der Waals surface area contributed by atoms with Gasteiger partial charge in [-0.15, -0.1) is 0 Å². The number of hydrogen-bond acceptors (Lipinski definition) is 3. The molecule has 1 saturated heterocycles. The summed E-state index contributed by atoms with van der Waals surface area (Å²) in [6.45, 7) is 4.73. The summed E-state index contributed by atoms with van der Waals surface area (Å²) in [5.41, 5.74) is 1.19. The minimum Gasteiger partial charge on any atom is -0.376 e. The number of carbonyl (C=O) groups excluding carboxylic acids is 1. The third-order valence-electron chi connectivity index (χ3n) is 5.41. The molecule has 1 aromatic carbocycles. The van der Waals surface area contributed by atoms with E-state index in [1.165, 1.54) is 12.0 Å². The summed E-state index contributed by atoms with van der Waals surface area (Å²) >= 11 is 0. The fourth-order valence-corrected chi connectivity index (χ4v) is 4.16. The summed E-state index contributed by atoms with van der Waals surface area (Å²) in [5, 5.41) is 3.30. The smallest absolute Gasteiger partial charge is 0.223 e. The average Bonchev–Trinajstić information content (AvgIpc) is 2.61. The summed E-state index contributed by atoms with van der Waals surface area (Å²) in [4.78, 5) is 12.8. The molecular weight excluding hydrogens is 314 g/mol. The highest BCUT2D eigenvalue weighted by molar-refractivity contribution is 5.79. The summed E-state index contributed by atoms with van der Waals surface area (Å²) in [7, 11) is 0. The third kappa shape index (κ3) is 5.29. The van der Waals surface area contributed by atoms with Crippen LogP contribution < -0.4 is 5.32 Å². The Morgan fingerprint density at radius 3 is 2.52 bits per heavy atom. The monoisotopic (exact) mass is 345 g/mol. The zero-order chi connectivity index (χ0) is 17.6. The maximum atomic E-state index is 12.8. The van der Waals surface area contributed by atoms with Crippen LogP contribution in [-0.2, 0) is 20.9 Å². The van der Waals surface area contributed by atoms with E-state index < -0.39 is 0 Å². The number of rotatable bonds is 5. The van der Waals surface area contributed by atoms with Crippen LogP contribution >= 0.6 is 0 Å². The fourth-order valence-electron chi connectivity index (χ4n) is 4.16. The molecule has 4 heteroatoms. The van der Waals surface area contributed by atoms with Gasteiger partial charge in [0.15, 0.2) is 0 Å². The Balaban J connectivity index is 1.54. The Labute approximate surface area is 151 Å². The van der Waals surface area contributed by atoms with Gasteiger partial charge in [-0.2, -0.15) is 0 Å². The van der Waals surface area contributed by atoms with Crippen molar-refractivity contribution in [3.05, 3.63) is 35.9 Å². The van der Waals surface area contributed by atoms with E-state index in [1.807, 2.05) is 18.2 Å². The van der Waals surface area contributed by atoms with Crippen molar-refractivity contribution >= 4 is 5.91 Å². The van der Waals surface area contributed by atoms with E-state index in [1.54, 1.807) is 0 Å². The lowest BCUT2D eigenvalue weighted by atomic mass is 9.89. The molecule has 3 rings (SSSR count). The summed E-state index contributed by atoms with van der Waals surface area (Å²) in [6.07, 6.45) is 6.46. The molecule has 138 valence electrons. The van der Waals surface area contributed by atoms with Gasteiger partial charge in [-0.1, -0.05) is 43.2 Å². The Morgan fingerprint density at radius 1 is 1.12 bits per heavy atom. The molecule has 0 aromatic heterocycles. The molecule has 0 unspecified atom stereocenters. The van der Waals surface area contributed by atoms with Crippen molar-refractivity contribution in [1.29, 1.82) is 0 Å². The molecule has 1 aliphatic carbocycles. The van der Waals surface area contributed by atoms with Gasteiger partial charge < -0.3 is 14.8 Å². The van der Waals surface area contributed by atoms with Crippen LogP contribution in [0.1, 0.15) is 57.9 Å². The first-order valence-electron chi connectivity index (χ1n) is 9.73. The second-order valence-electron chi connectivity index (χ2n) is 7.66. The van der Waals surface area contributed by atoms with E-state index in [2.05, 4.69) is 31.3 Å². The maximum absolute atomic E-state index is 12.8. The number of ether oxygens (including phenoxy) is 2. The topological polar surface area (TPSA) is 47.6 Å². The fraction of sp³-hybridized carbons (Fsp3) is 0.667. The molecule has 1 heterocycles. The molecule has 1 aliphatic heterocycles. The molecule has 4 atom stereocenters. The lowest BCUT2D eigenvalue weighted by Gasteiger charge is -2.35. The normalized spacial score (nSPS) is 33.0. The van der Waals surface area contributed by atoms with Gasteiger partial charge in [0.05, 0.1) is 31.0 Å². The SMILES string of the molecule is C[C@@H]1CC(C(=O)N[C@@H]2CCCC[C@@H]2OCc2ccccc2)C[C@@H](C)O1. The first kappa shape index (κ1) is 18.4. The van der Waals surface area contributed by atoms with E-state index in [0.717, 1.165) is 32.1 Å². The highest BCUT2D eigenvalue weighted by atomic mass is 16.5. The van der Waals surface area contributed by atoms with Crippen LogP contribution in [0.2, 0.25) is 0 Å². The van der Waals surface area contributed by atoms with Gasteiger partial charge in [-0.25, -0.2) is 0 Å². The molecule has 1 saturated carbocycles. The van der Waals surface area contributed by atoms with Crippen LogP contribution in [0.5, 0.6) is 0 Å². The van der Waals surface area contributed by atoms with Gasteiger partial charge in [0.2, 0.25) is 5.91 Å². The van der Waals surface area contributed by atoms with Gasteiger partial charge in [-0.05, 0) is 45.1 Å². The Morgan fingerprint density at radius 2 is 1.80 bits per heavy atom. The molecule has 4 nitrogen and oxygen atoms in total. The van der Waals surface area contributed by atoms with Crippen molar-refractivity contribution in [1.82, 2.24) is 5.32 Å². The molecular formula is C21H31NO3. The van der Waals surface area contributed by atoms with Crippen molar-refractivity contribution in [2.75, 3.05) is 0 Å². The second kappa shape index (κ2) is 8.81. The highest BCUT2D eigenvalue weighted by Gasteiger charge is 2.33. The van der Waals surface area contributed by atoms with E-state index in [4.69, 9.17) is 9.47 Å². The van der Waals surface area contributed by atoms with E-state index in [-0.39, 0.29) is 36.2 Å². The van der Waals surface area contributed by atoms with E-state index >= 15 is 0 Å². The minimum absolute atomic E-state index is 0.0652. The number of benzene rings is 1. The van der Waals surface area contributed by atoms with Crippen LogP contribution in [0.4, 0.5) is 0 Å². The van der Waals surface area contributed by atoms with Crippen molar-refractivity contribution < 1.29 is 14.3 Å². The number of hydrogen-bond donors (Lipinski definition) is 1. The molecule has 0 spiro atoms. The number of amides is 1. The van der Waals surface area contributed by atoms with Crippen molar-refractivity contribution in [2.45, 2.75) is 83.3 Å². The molecule has 2 fully saturated rings. The summed E-state index contributed by atoms with van der Waals surface area (Å²) in [6, 6.07) is 10.4. The highest BCUT2D eigenvalue weighted by Crippen LogP contribution is 2.27. The van der Waals surface area contributed by atoms with Crippen molar-refractivity contribution in [2.24, 2.45) is 5.92 Å². The van der Waals surface area contributed by atoms with E-state index in [9.17, 15) is 4.79 Å². The lowest BCUT2D eigenvalue weighted by molar-refractivity contribution is -0.135. The quantitative estimate of drug-likeness (QED) is 0.882. The Hall–Kier alpha value is -1.39. The van der Waals surface area contributed by atoms with Crippen LogP contribution in [-0.4, -0.2) is 30.3 Å². The summed E-state index contributed by atoms with van der Waals surface area (Å²) in [5.74, 6) is 0.248. The van der Waals surface area contributed by atoms with Crippen LogP contribution in [0.15, 0.2) is 30.3 Å². The van der Waals surface area contributed by atoms with Crippen molar-refractivity contribution in [3.63, 3.8) is 0 Å². The molecule has 0 radical (unpaired) electrons. The van der Waals surface area contributed by atoms with Gasteiger partial charge in [0.25, 0.3) is 0 Å². The minimum atomic E-state index is 0.0652. The van der Waals surface area contributed by atoms with Gasteiger partial charge in [-0.3, -0.25) is 4.79 Å². The molecule has 25 heavy (non-hydrogen) atoms. The van der Waals surface area contributed by atoms with Gasteiger partial charge >= 0.3 is 0 Å². The molecule has 1 amide bonds. The standard InChI is InChI=1S/C21H31NO3/c1-15-12-18(13-16(2)25-15)21(23)22-19-10-6-7-11-20(19)24-14-17-8-4-3-5-9-17/h3-5,8-9,15-16,18-20H,6-7,10-14H2,1-2H3,(H,22,23)/t15-,16-,19-,20+/m1/s1. The second-order valence-corrected chi connectivity index (χ2v) is 7.66. The third-order valence-corrected chi connectivity index (χ3v) is 5.41. The van der Waals surface area contributed by atoms with Crippen LogP contribution in [0.3, 0.4) is 0 Å². The lowest BCUT2D eigenvalue weighted by Crippen LogP contribution is -2.49. The Kier molecular flexibility index (Phi) is 6.49. The predicted molar refractivity (Wildman–Crippen MR) is 98.2 cm³/mol. The van der Waals surface area contributed by atoms with Gasteiger partial charge in [0, 0.05) is 5.92 Å². The zero-order valence-electron chi connectivity index (χ0n) is 15.4. The molecule has 1 aromatic rings. The summed E-state index contributed by atoms with van der Waals surface area (Å²) < 4.78 is 11.9. The van der Waals surface area contributed by atoms with E-state index in [0.29, 0.717) is 6.61 Å². The number of nitrogens with one attached hydrogen (secondary N) is 1. The zero-order valence-corrected chi connectivity index (χ0v) is 15.4. The van der Waals surface area contributed by atoms with Crippen molar-refractivity contribution in [3.8, 4) is 0 Å². The first-order chi connectivity index (χ1) is 12.1. The van der Waals surface area contributed by atoms with Gasteiger partial charge in [0.1, 0.15) is 0 Å². The molecule has 0 bridgehead atoms. The predicted octanol–water partition coefficient (Wildman–Crippen LogP) is 3.83. The average molecular weight is 345 g/mol. The first-order valence-corrected chi connectivity index (χ1v) is 9.73. The molecule has 1 N–H and O–H groups in total. The largest absolute Gasteiger partial charge is 0.376 e. The maximum Gasteiger partial charge on any atom is 0.223 e. The van der Waals surface area contributed by atoms with Crippen LogP contribution in [0.25, 0.3) is 0 Å². The molecule has 2 aliphatic rings. The Bertz CT molecular complexity index is 537. The van der Waals surface area contributed by atoms with Crippen LogP contribution in [0, 0.1) is 5.92 Å².